The van der Waals surface area contributed by atoms with Gasteiger partial charge in [0.25, 0.3) is 0 Å². The van der Waals surface area contributed by atoms with Gasteiger partial charge in [-0.1, -0.05) is 57.2 Å². The highest BCUT2D eigenvalue weighted by Gasteiger charge is 2.71. The van der Waals surface area contributed by atoms with E-state index in [-0.39, 0.29) is 51.2 Å². The van der Waals surface area contributed by atoms with Gasteiger partial charge in [0.1, 0.15) is 0 Å². The zero-order valence-corrected chi connectivity index (χ0v) is 21.5. The van der Waals surface area contributed by atoms with Crippen molar-refractivity contribution in [2.75, 3.05) is 0 Å². The standard InChI is InChI=1S/C30H35N3O2/c1-17-6-7-18(2)24-20(17)11-13-29-14-15-30(24,29)22-9-8-21(29)32-25(34)31(26(35)33(22)32)23-16-19-10-12-28(23,5)27(19,3)4/h6-9,14-15,19,21-23H,10-13,16H2,1-5H3/t19-,21-,22-,23+,28-,29-,30-/m0/s1. The van der Waals surface area contributed by atoms with Gasteiger partial charge in [-0.05, 0) is 85.0 Å². The summed E-state index contributed by atoms with van der Waals surface area (Å²) in [5.74, 6) is 0.579. The summed E-state index contributed by atoms with van der Waals surface area (Å²) < 4.78 is 5.43. The van der Waals surface area contributed by atoms with Crippen LogP contribution < -0.4 is 11.4 Å². The molecule has 5 aliphatic carbocycles. The molecule has 4 bridgehead atoms. The predicted molar refractivity (Wildman–Crippen MR) is 136 cm³/mol. The first-order valence-electron chi connectivity index (χ1n) is 13.5. The van der Waals surface area contributed by atoms with Crippen molar-refractivity contribution in [2.45, 2.75) is 90.3 Å². The SMILES string of the molecule is Cc1ccc(C)c2c1CC[C@@]13C=C[C@]21[C@@H]1C=C[C@@H]3n2c(=O)n([C@@H]3C[C@@H]4CC[C@]3(C)C4(C)C)c(=O)n21. The Bertz CT molecular complexity index is 1530. The van der Waals surface area contributed by atoms with Crippen LogP contribution in [-0.4, -0.2) is 13.9 Å². The van der Waals surface area contributed by atoms with E-state index in [2.05, 4.69) is 71.1 Å². The van der Waals surface area contributed by atoms with Crippen molar-refractivity contribution < 1.29 is 0 Å². The van der Waals surface area contributed by atoms with E-state index in [0.29, 0.717) is 5.92 Å². The smallest absolute Gasteiger partial charge is 0.246 e. The van der Waals surface area contributed by atoms with E-state index in [1.807, 2.05) is 9.36 Å². The van der Waals surface area contributed by atoms with E-state index in [1.165, 1.54) is 28.7 Å². The Kier molecular flexibility index (Phi) is 3.36. The van der Waals surface area contributed by atoms with Gasteiger partial charge in [0.05, 0.1) is 17.5 Å². The van der Waals surface area contributed by atoms with Crippen LogP contribution in [0.4, 0.5) is 0 Å². The Labute approximate surface area is 206 Å². The topological polar surface area (TPSA) is 48.9 Å². The number of benzene rings is 1. The molecule has 0 radical (unpaired) electrons. The molecule has 2 aromatic rings. The summed E-state index contributed by atoms with van der Waals surface area (Å²) in [6.07, 6.45) is 14.5. The minimum absolute atomic E-state index is 0.0137. The third kappa shape index (κ3) is 1.82. The molecule has 0 unspecified atom stereocenters. The highest BCUT2D eigenvalue weighted by atomic mass is 16.2. The van der Waals surface area contributed by atoms with Crippen molar-refractivity contribution >= 4 is 0 Å². The van der Waals surface area contributed by atoms with E-state index in [4.69, 9.17) is 0 Å². The average Bonchev–Trinajstić information content (AvgIpc) is 3.28. The normalized spacial score (nSPS) is 42.4. The maximum Gasteiger partial charge on any atom is 0.348 e. The molecule has 0 N–H and O–H groups in total. The van der Waals surface area contributed by atoms with Gasteiger partial charge in [-0.2, -0.15) is 0 Å². The quantitative estimate of drug-likeness (QED) is 0.557. The first kappa shape index (κ1) is 20.6. The van der Waals surface area contributed by atoms with Crippen LogP contribution in [0.15, 0.2) is 46.0 Å². The lowest BCUT2D eigenvalue weighted by Gasteiger charge is -2.67. The molecule has 182 valence electrons. The van der Waals surface area contributed by atoms with Crippen LogP contribution in [0.25, 0.3) is 0 Å². The molecule has 0 saturated heterocycles. The van der Waals surface area contributed by atoms with Gasteiger partial charge in [0, 0.05) is 11.5 Å². The minimum Gasteiger partial charge on any atom is -0.246 e. The van der Waals surface area contributed by atoms with Crippen LogP contribution >= 0.6 is 0 Å². The molecule has 5 nitrogen and oxygen atoms in total. The number of allylic oxidation sites excluding steroid dienone is 4. The maximum absolute atomic E-state index is 14.3. The molecule has 7 aliphatic rings. The summed E-state index contributed by atoms with van der Waals surface area (Å²) in [5.41, 5.74) is 5.10. The van der Waals surface area contributed by atoms with Gasteiger partial charge < -0.3 is 0 Å². The molecule has 2 fully saturated rings. The summed E-state index contributed by atoms with van der Waals surface area (Å²) in [7, 11) is 0. The molecule has 0 amide bonds. The summed E-state index contributed by atoms with van der Waals surface area (Å²) in [4.78, 5) is 28.5. The number of nitrogens with zero attached hydrogens (tertiary/aromatic N) is 3. The maximum atomic E-state index is 14.3. The lowest BCUT2D eigenvalue weighted by molar-refractivity contribution is -0.00767. The number of aromatic nitrogens is 3. The summed E-state index contributed by atoms with van der Waals surface area (Å²) in [6.45, 7) is 11.5. The second-order valence-corrected chi connectivity index (χ2v) is 13.3. The molecule has 0 spiro atoms. The number of hydrogen-bond donors (Lipinski definition) is 0. The predicted octanol–water partition coefficient (Wildman–Crippen LogP) is 4.92. The van der Waals surface area contributed by atoms with Crippen molar-refractivity contribution in [3.63, 3.8) is 0 Å². The van der Waals surface area contributed by atoms with Gasteiger partial charge >= 0.3 is 11.4 Å². The van der Waals surface area contributed by atoms with Gasteiger partial charge in [-0.3, -0.25) is 0 Å². The van der Waals surface area contributed by atoms with Crippen LogP contribution in [0.2, 0.25) is 0 Å². The molecule has 2 aliphatic heterocycles. The van der Waals surface area contributed by atoms with Crippen LogP contribution in [0.1, 0.15) is 86.8 Å². The monoisotopic (exact) mass is 469 g/mol. The molecule has 3 heterocycles. The Morgan fingerprint density at radius 3 is 2.20 bits per heavy atom. The molecule has 1 aromatic carbocycles. The molecule has 35 heavy (non-hydrogen) atoms. The lowest BCUT2D eigenvalue weighted by atomic mass is 9.40. The fraction of sp³-hybridized carbons (Fsp3) is 0.600. The highest BCUT2D eigenvalue weighted by molar-refractivity contribution is 5.61. The zero-order valence-electron chi connectivity index (χ0n) is 21.5. The van der Waals surface area contributed by atoms with E-state index in [9.17, 15) is 9.59 Å². The van der Waals surface area contributed by atoms with E-state index < -0.39 is 0 Å². The summed E-state index contributed by atoms with van der Waals surface area (Å²) in [5, 5.41) is 0. The van der Waals surface area contributed by atoms with Crippen LogP contribution in [0.3, 0.4) is 0 Å². The largest absolute Gasteiger partial charge is 0.348 e. The van der Waals surface area contributed by atoms with E-state index in [0.717, 1.165) is 25.7 Å². The van der Waals surface area contributed by atoms with Gasteiger partial charge in [0.15, 0.2) is 0 Å². The van der Waals surface area contributed by atoms with Gasteiger partial charge in [-0.25, -0.2) is 23.5 Å². The second kappa shape index (κ2) is 5.71. The van der Waals surface area contributed by atoms with Crippen molar-refractivity contribution in [3.05, 3.63) is 79.7 Å². The third-order valence-electron chi connectivity index (χ3n) is 12.5. The Morgan fingerprint density at radius 1 is 0.886 bits per heavy atom. The number of hydrogen-bond acceptors (Lipinski definition) is 2. The lowest BCUT2D eigenvalue weighted by Crippen LogP contribution is -2.68. The van der Waals surface area contributed by atoms with E-state index in [1.54, 1.807) is 4.57 Å². The number of fused-ring (bicyclic) bond motifs is 3. The van der Waals surface area contributed by atoms with Gasteiger partial charge in [0.2, 0.25) is 0 Å². The molecular weight excluding hydrogens is 434 g/mol. The fourth-order valence-electron chi connectivity index (χ4n) is 10.1. The average molecular weight is 470 g/mol. The van der Waals surface area contributed by atoms with Crippen molar-refractivity contribution in [1.82, 2.24) is 13.9 Å². The first-order chi connectivity index (χ1) is 16.6. The summed E-state index contributed by atoms with van der Waals surface area (Å²) >= 11 is 0. The van der Waals surface area contributed by atoms with Crippen LogP contribution in [0.5, 0.6) is 0 Å². The first-order valence-corrected chi connectivity index (χ1v) is 13.5. The molecular formula is C30H35N3O2. The fourth-order valence-corrected chi connectivity index (χ4v) is 10.1. The van der Waals surface area contributed by atoms with Crippen LogP contribution in [0, 0.1) is 36.0 Å². The molecule has 9 rings (SSSR count). The highest BCUT2D eigenvalue weighted by Crippen LogP contribution is 2.72. The third-order valence-corrected chi connectivity index (χ3v) is 12.5. The zero-order chi connectivity index (χ0) is 24.3. The number of rotatable bonds is 1. The van der Waals surface area contributed by atoms with Crippen molar-refractivity contribution in [2.24, 2.45) is 22.2 Å². The Balaban J connectivity index is 1.39. The van der Waals surface area contributed by atoms with Crippen molar-refractivity contribution in [3.8, 4) is 0 Å². The molecule has 5 heteroatoms. The minimum atomic E-state index is -0.240. The number of aryl methyl sites for hydroxylation is 2. The Morgan fingerprint density at radius 2 is 1.57 bits per heavy atom. The summed E-state index contributed by atoms with van der Waals surface area (Å²) in [6, 6.07) is 4.22. The van der Waals surface area contributed by atoms with Crippen molar-refractivity contribution in [1.29, 1.82) is 0 Å². The van der Waals surface area contributed by atoms with Gasteiger partial charge in [-0.15, -0.1) is 0 Å². The molecule has 7 atom stereocenters. The van der Waals surface area contributed by atoms with Crippen LogP contribution in [-0.2, 0) is 11.8 Å². The molecule has 1 aromatic heterocycles. The molecule has 2 saturated carbocycles. The Hall–Kier alpha value is -2.56. The van der Waals surface area contributed by atoms with E-state index >= 15 is 0 Å². The second-order valence-electron chi connectivity index (χ2n) is 13.3.